The lowest BCUT2D eigenvalue weighted by atomic mass is 9.77. The highest BCUT2D eigenvalue weighted by Crippen LogP contribution is 2.29. The Morgan fingerprint density at radius 1 is 1.67 bits per heavy atom. The molecule has 64 valence electrons. The SMILES string of the molecule is CCC(C)(C#N)C(C#N)C(=O)O. The van der Waals surface area contributed by atoms with Gasteiger partial charge >= 0.3 is 5.97 Å². The summed E-state index contributed by atoms with van der Waals surface area (Å²) in [6.45, 7) is 3.17. The molecule has 2 atom stereocenters. The van der Waals surface area contributed by atoms with Crippen molar-refractivity contribution in [3.63, 3.8) is 0 Å². The van der Waals surface area contributed by atoms with Crippen molar-refractivity contribution in [3.05, 3.63) is 0 Å². The van der Waals surface area contributed by atoms with Crippen molar-refractivity contribution in [2.45, 2.75) is 20.3 Å². The van der Waals surface area contributed by atoms with Crippen LogP contribution in [0.2, 0.25) is 0 Å². The van der Waals surface area contributed by atoms with Crippen molar-refractivity contribution >= 4 is 5.97 Å². The van der Waals surface area contributed by atoms with E-state index in [0.29, 0.717) is 6.42 Å². The Morgan fingerprint density at radius 3 is 2.25 bits per heavy atom. The molecule has 0 aromatic heterocycles. The molecule has 0 saturated carbocycles. The summed E-state index contributed by atoms with van der Waals surface area (Å²) in [6, 6.07) is 3.48. The molecular formula is C8H10N2O2. The summed E-state index contributed by atoms with van der Waals surface area (Å²) in [5.41, 5.74) is -1.08. The van der Waals surface area contributed by atoms with Crippen LogP contribution in [-0.4, -0.2) is 11.1 Å². The van der Waals surface area contributed by atoms with Gasteiger partial charge in [-0.05, 0) is 13.3 Å². The minimum atomic E-state index is -1.24. The first-order valence-electron chi connectivity index (χ1n) is 3.55. The maximum atomic E-state index is 10.5. The summed E-state index contributed by atoms with van der Waals surface area (Å²) < 4.78 is 0. The first-order valence-corrected chi connectivity index (χ1v) is 3.55. The summed E-state index contributed by atoms with van der Waals surface area (Å²) in [7, 11) is 0. The summed E-state index contributed by atoms with van der Waals surface area (Å²) in [5.74, 6) is -2.48. The van der Waals surface area contributed by atoms with Gasteiger partial charge in [0.15, 0.2) is 5.92 Å². The average Bonchev–Trinajstić information content (AvgIpc) is 2.04. The zero-order valence-electron chi connectivity index (χ0n) is 7.03. The molecule has 4 nitrogen and oxygen atoms in total. The number of rotatable bonds is 3. The molecule has 0 fully saturated rings. The van der Waals surface area contributed by atoms with Crippen LogP contribution >= 0.6 is 0 Å². The molecule has 0 saturated heterocycles. The van der Waals surface area contributed by atoms with Crippen LogP contribution in [0.3, 0.4) is 0 Å². The van der Waals surface area contributed by atoms with Gasteiger partial charge in [-0.1, -0.05) is 6.92 Å². The standard InChI is InChI=1S/C8H10N2O2/c1-3-8(2,5-10)6(4-9)7(11)12/h6H,3H2,1-2H3,(H,11,12). The van der Waals surface area contributed by atoms with Crippen molar-refractivity contribution in [3.8, 4) is 12.1 Å². The number of carbonyl (C=O) groups is 1. The van der Waals surface area contributed by atoms with E-state index in [2.05, 4.69) is 0 Å². The molecule has 0 aromatic rings. The molecule has 12 heavy (non-hydrogen) atoms. The third-order valence-electron chi connectivity index (χ3n) is 2.00. The van der Waals surface area contributed by atoms with Crippen LogP contribution in [0.25, 0.3) is 0 Å². The van der Waals surface area contributed by atoms with E-state index in [4.69, 9.17) is 15.6 Å². The summed E-state index contributed by atoms with van der Waals surface area (Å²) in [5, 5.41) is 25.8. The first-order chi connectivity index (χ1) is 5.51. The molecule has 0 spiro atoms. The molecule has 0 amide bonds. The Morgan fingerprint density at radius 2 is 2.17 bits per heavy atom. The highest BCUT2D eigenvalue weighted by Gasteiger charge is 2.38. The number of hydrogen-bond acceptors (Lipinski definition) is 3. The Balaban J connectivity index is 4.87. The molecule has 1 N–H and O–H groups in total. The van der Waals surface area contributed by atoms with E-state index in [1.807, 2.05) is 6.07 Å². The highest BCUT2D eigenvalue weighted by molar-refractivity contribution is 5.74. The Labute approximate surface area is 71.0 Å². The van der Waals surface area contributed by atoms with Crippen LogP contribution in [0.15, 0.2) is 0 Å². The second kappa shape index (κ2) is 3.73. The largest absolute Gasteiger partial charge is 0.480 e. The monoisotopic (exact) mass is 166 g/mol. The third-order valence-corrected chi connectivity index (χ3v) is 2.00. The van der Waals surface area contributed by atoms with Crippen LogP contribution in [0.5, 0.6) is 0 Å². The van der Waals surface area contributed by atoms with Gasteiger partial charge in [0, 0.05) is 0 Å². The van der Waals surface area contributed by atoms with E-state index in [9.17, 15) is 4.79 Å². The second-order valence-electron chi connectivity index (χ2n) is 2.78. The van der Waals surface area contributed by atoms with Crippen LogP contribution in [0.4, 0.5) is 0 Å². The van der Waals surface area contributed by atoms with Crippen LogP contribution in [-0.2, 0) is 4.79 Å². The number of nitrogens with zero attached hydrogens (tertiary/aromatic N) is 2. The van der Waals surface area contributed by atoms with E-state index in [-0.39, 0.29) is 0 Å². The van der Waals surface area contributed by atoms with Gasteiger partial charge in [0.05, 0.1) is 17.6 Å². The van der Waals surface area contributed by atoms with Gasteiger partial charge in [-0.25, -0.2) is 0 Å². The predicted octanol–water partition coefficient (Wildman–Crippen LogP) is 1.15. The molecule has 2 unspecified atom stereocenters. The zero-order chi connectivity index (χ0) is 9.78. The summed E-state index contributed by atoms with van der Waals surface area (Å²) in [4.78, 5) is 10.5. The lowest BCUT2D eigenvalue weighted by Crippen LogP contribution is -2.30. The average molecular weight is 166 g/mol. The van der Waals surface area contributed by atoms with Gasteiger partial charge in [-0.15, -0.1) is 0 Å². The Hall–Kier alpha value is -1.55. The smallest absolute Gasteiger partial charge is 0.322 e. The number of carboxylic acid groups (broad SMARTS) is 1. The fourth-order valence-electron chi connectivity index (χ4n) is 0.818. The lowest BCUT2D eigenvalue weighted by molar-refractivity contribution is -0.142. The quantitative estimate of drug-likeness (QED) is 0.681. The fraction of sp³-hybridized carbons (Fsp3) is 0.625. The van der Waals surface area contributed by atoms with Crippen LogP contribution < -0.4 is 0 Å². The summed E-state index contributed by atoms with van der Waals surface area (Å²) in [6.07, 6.45) is 0.355. The molecule has 4 heteroatoms. The highest BCUT2D eigenvalue weighted by atomic mass is 16.4. The molecule has 0 aliphatic heterocycles. The molecular weight excluding hydrogens is 156 g/mol. The summed E-state index contributed by atoms with van der Waals surface area (Å²) >= 11 is 0. The molecule has 0 heterocycles. The van der Waals surface area contributed by atoms with Crippen molar-refractivity contribution in [1.82, 2.24) is 0 Å². The fourth-order valence-corrected chi connectivity index (χ4v) is 0.818. The minimum Gasteiger partial charge on any atom is -0.480 e. The van der Waals surface area contributed by atoms with Crippen molar-refractivity contribution < 1.29 is 9.90 Å². The van der Waals surface area contributed by atoms with Gasteiger partial charge in [0.2, 0.25) is 0 Å². The van der Waals surface area contributed by atoms with Gasteiger partial charge < -0.3 is 5.11 Å². The van der Waals surface area contributed by atoms with Gasteiger partial charge in [0.25, 0.3) is 0 Å². The van der Waals surface area contributed by atoms with Crippen molar-refractivity contribution in [2.75, 3.05) is 0 Å². The topological polar surface area (TPSA) is 84.9 Å². The molecule has 0 rings (SSSR count). The maximum absolute atomic E-state index is 10.5. The van der Waals surface area contributed by atoms with Crippen molar-refractivity contribution in [1.29, 1.82) is 10.5 Å². The molecule has 0 radical (unpaired) electrons. The van der Waals surface area contributed by atoms with Crippen molar-refractivity contribution in [2.24, 2.45) is 11.3 Å². The van der Waals surface area contributed by atoms with E-state index in [1.165, 1.54) is 6.92 Å². The number of hydrogen-bond donors (Lipinski definition) is 1. The van der Waals surface area contributed by atoms with E-state index in [0.717, 1.165) is 0 Å². The molecule has 0 bridgehead atoms. The second-order valence-corrected chi connectivity index (χ2v) is 2.78. The number of aliphatic carboxylic acids is 1. The molecule has 0 aliphatic rings. The van der Waals surface area contributed by atoms with Gasteiger partial charge in [-0.3, -0.25) is 4.79 Å². The Bertz CT molecular complexity index is 261. The van der Waals surface area contributed by atoms with Gasteiger partial charge in [-0.2, -0.15) is 10.5 Å². The molecule has 0 aliphatic carbocycles. The number of nitriles is 2. The van der Waals surface area contributed by atoms with E-state index in [1.54, 1.807) is 13.0 Å². The van der Waals surface area contributed by atoms with Crippen LogP contribution in [0.1, 0.15) is 20.3 Å². The van der Waals surface area contributed by atoms with Gasteiger partial charge in [0.1, 0.15) is 0 Å². The number of carboxylic acids is 1. The molecule has 0 aromatic carbocycles. The minimum absolute atomic E-state index is 0.355. The normalized spacial score (nSPS) is 16.7. The third kappa shape index (κ3) is 1.73. The Kier molecular flexibility index (Phi) is 3.25. The predicted molar refractivity (Wildman–Crippen MR) is 40.7 cm³/mol. The first kappa shape index (κ1) is 10.4. The van der Waals surface area contributed by atoms with Crippen LogP contribution in [0, 0.1) is 34.0 Å². The van der Waals surface area contributed by atoms with E-state index >= 15 is 0 Å². The van der Waals surface area contributed by atoms with E-state index < -0.39 is 17.3 Å². The maximum Gasteiger partial charge on any atom is 0.322 e. The zero-order valence-corrected chi connectivity index (χ0v) is 7.03. The lowest BCUT2D eigenvalue weighted by Gasteiger charge is -2.21.